The molecule has 0 spiro atoms. The van der Waals surface area contributed by atoms with Gasteiger partial charge in [0.2, 0.25) is 0 Å². The van der Waals surface area contributed by atoms with E-state index in [2.05, 4.69) is 42.9 Å². The number of anilines is 3. The van der Waals surface area contributed by atoms with Gasteiger partial charge in [0.1, 0.15) is 12.6 Å². The Bertz CT molecular complexity index is 1420. The number of pyridine rings is 2. The van der Waals surface area contributed by atoms with Crippen LogP contribution in [0.4, 0.5) is 34.3 Å². The predicted octanol–water partition coefficient (Wildman–Crippen LogP) is 6.96. The lowest BCUT2D eigenvalue weighted by Gasteiger charge is -2.34. The minimum atomic E-state index is -4.57. The number of rotatable bonds is 6. The molecule has 0 unspecified atom stereocenters. The summed E-state index contributed by atoms with van der Waals surface area (Å²) >= 11 is 3.26. The maximum absolute atomic E-state index is 13.9. The molecule has 0 aliphatic carbocycles. The highest BCUT2D eigenvalue weighted by atomic mass is 32.1. The van der Waals surface area contributed by atoms with Crippen molar-refractivity contribution in [2.24, 2.45) is 0 Å². The van der Waals surface area contributed by atoms with Crippen molar-refractivity contribution in [3.05, 3.63) is 63.6 Å². The Hall–Kier alpha value is -3.49. The summed E-state index contributed by atoms with van der Waals surface area (Å²) in [5, 5.41) is 10.5. The SMILES string of the molecule is C=O.CCC[C@H]1CN(c2ncc(C(F)(F)F)cc2F)CCN1.Cc1ccc(Nc2nc(-c3sc(C)nc3C)cs2)nc1. The molecule has 226 valence electrons. The highest BCUT2D eigenvalue weighted by Gasteiger charge is 2.33. The van der Waals surface area contributed by atoms with Gasteiger partial charge in [0.15, 0.2) is 16.8 Å². The van der Waals surface area contributed by atoms with Crippen molar-refractivity contribution in [1.82, 2.24) is 25.3 Å². The predicted molar refractivity (Wildman–Crippen MR) is 160 cm³/mol. The smallest absolute Gasteiger partial charge is 0.351 e. The molecule has 1 fully saturated rings. The molecule has 4 aromatic heterocycles. The molecule has 2 N–H and O–H groups in total. The molecule has 5 heterocycles. The van der Waals surface area contributed by atoms with E-state index in [9.17, 15) is 17.6 Å². The largest absolute Gasteiger partial charge is 0.417 e. The maximum atomic E-state index is 13.9. The molecule has 0 amide bonds. The zero-order chi connectivity index (χ0) is 30.9. The first-order valence-corrected chi connectivity index (χ1v) is 14.8. The van der Waals surface area contributed by atoms with Gasteiger partial charge in [-0.2, -0.15) is 13.2 Å². The van der Waals surface area contributed by atoms with Crippen molar-refractivity contribution in [3.8, 4) is 10.6 Å². The van der Waals surface area contributed by atoms with E-state index in [0.717, 1.165) is 50.6 Å². The number of alkyl halides is 3. The van der Waals surface area contributed by atoms with Gasteiger partial charge in [0, 0.05) is 43.4 Å². The Balaban J connectivity index is 0.000000218. The van der Waals surface area contributed by atoms with E-state index in [1.165, 1.54) is 0 Å². The molecule has 0 aromatic carbocycles. The van der Waals surface area contributed by atoms with E-state index in [-0.39, 0.29) is 11.9 Å². The second kappa shape index (κ2) is 15.1. The number of aromatic nitrogens is 4. The number of carbonyl (C=O) groups excluding carboxylic acids is 1. The van der Waals surface area contributed by atoms with Gasteiger partial charge in [0.25, 0.3) is 0 Å². The lowest BCUT2D eigenvalue weighted by Crippen LogP contribution is -2.51. The number of carbonyl (C=O) groups is 1. The molecule has 1 aliphatic heterocycles. The fourth-order valence-electron chi connectivity index (χ4n) is 4.23. The molecule has 1 atom stereocenters. The highest BCUT2D eigenvalue weighted by Crippen LogP contribution is 2.33. The molecular weight excluding hydrogens is 590 g/mol. The average molecular weight is 624 g/mol. The number of aryl methyl sites for hydroxylation is 3. The van der Waals surface area contributed by atoms with Gasteiger partial charge >= 0.3 is 6.18 Å². The van der Waals surface area contributed by atoms with Crippen LogP contribution in [0, 0.1) is 26.6 Å². The van der Waals surface area contributed by atoms with Crippen LogP contribution in [0.2, 0.25) is 0 Å². The third-order valence-electron chi connectivity index (χ3n) is 6.13. The number of thiazole rings is 2. The quantitative estimate of drug-likeness (QED) is 0.223. The monoisotopic (exact) mass is 623 g/mol. The topological polar surface area (TPSA) is 95.9 Å². The number of halogens is 4. The first kappa shape index (κ1) is 33.0. The summed E-state index contributed by atoms with van der Waals surface area (Å²) in [7, 11) is 0. The fraction of sp³-hybridized carbons (Fsp3) is 0.393. The minimum Gasteiger partial charge on any atom is -0.351 e. The second-order valence-corrected chi connectivity index (χ2v) is 11.5. The molecule has 42 heavy (non-hydrogen) atoms. The summed E-state index contributed by atoms with van der Waals surface area (Å²) in [6.45, 7) is 11.9. The van der Waals surface area contributed by atoms with Crippen molar-refractivity contribution in [3.63, 3.8) is 0 Å². The Morgan fingerprint density at radius 2 is 1.90 bits per heavy atom. The number of piperazine rings is 1. The summed E-state index contributed by atoms with van der Waals surface area (Å²) < 4.78 is 51.3. The molecule has 1 aliphatic rings. The lowest BCUT2D eigenvalue weighted by molar-refractivity contribution is -0.138. The van der Waals surface area contributed by atoms with Crippen LogP contribution in [0.3, 0.4) is 0 Å². The van der Waals surface area contributed by atoms with Crippen molar-refractivity contribution < 1.29 is 22.4 Å². The van der Waals surface area contributed by atoms with Crippen LogP contribution in [-0.2, 0) is 11.0 Å². The van der Waals surface area contributed by atoms with Gasteiger partial charge in [0.05, 0.1) is 26.8 Å². The number of hydrogen-bond acceptors (Lipinski definition) is 10. The third kappa shape index (κ3) is 9.00. The van der Waals surface area contributed by atoms with Gasteiger partial charge < -0.3 is 20.3 Å². The Labute approximate surface area is 250 Å². The molecular formula is C28H33F4N7OS2. The lowest BCUT2D eigenvalue weighted by atomic mass is 10.1. The molecule has 8 nitrogen and oxygen atoms in total. The van der Waals surface area contributed by atoms with Gasteiger partial charge in [-0.05, 0) is 44.9 Å². The van der Waals surface area contributed by atoms with Crippen molar-refractivity contribution in [2.45, 2.75) is 52.8 Å². The highest BCUT2D eigenvalue weighted by molar-refractivity contribution is 7.16. The van der Waals surface area contributed by atoms with Gasteiger partial charge in [-0.15, -0.1) is 22.7 Å². The van der Waals surface area contributed by atoms with Crippen molar-refractivity contribution in [1.29, 1.82) is 0 Å². The molecule has 4 aromatic rings. The molecule has 14 heteroatoms. The second-order valence-electron chi connectivity index (χ2n) is 9.44. The minimum absolute atomic E-state index is 0.000558. The molecule has 1 saturated heterocycles. The van der Waals surface area contributed by atoms with Gasteiger partial charge in [-0.1, -0.05) is 19.4 Å². The van der Waals surface area contributed by atoms with E-state index >= 15 is 0 Å². The van der Waals surface area contributed by atoms with E-state index < -0.39 is 17.6 Å². The number of nitrogens with zero attached hydrogens (tertiary/aromatic N) is 5. The average Bonchev–Trinajstić information content (AvgIpc) is 3.56. The van der Waals surface area contributed by atoms with E-state index in [1.807, 2.05) is 45.9 Å². The summed E-state index contributed by atoms with van der Waals surface area (Å²) in [5.41, 5.74) is 2.11. The van der Waals surface area contributed by atoms with Crippen molar-refractivity contribution in [2.75, 3.05) is 29.9 Å². The summed E-state index contributed by atoms with van der Waals surface area (Å²) in [6, 6.07) is 4.72. The Morgan fingerprint density at radius 3 is 2.50 bits per heavy atom. The van der Waals surface area contributed by atoms with E-state index in [0.29, 0.717) is 31.9 Å². The fourth-order valence-corrected chi connectivity index (χ4v) is 5.90. The van der Waals surface area contributed by atoms with E-state index in [1.54, 1.807) is 27.6 Å². The number of nitrogens with one attached hydrogen (secondary N) is 2. The van der Waals surface area contributed by atoms with Gasteiger partial charge in [-0.3, -0.25) is 0 Å². The van der Waals surface area contributed by atoms with Crippen LogP contribution < -0.4 is 15.5 Å². The third-order valence-corrected chi connectivity index (χ3v) is 7.98. The molecule has 0 radical (unpaired) electrons. The zero-order valence-corrected chi connectivity index (χ0v) is 25.4. The van der Waals surface area contributed by atoms with Crippen LogP contribution in [0.25, 0.3) is 10.6 Å². The molecule has 0 saturated carbocycles. The summed E-state index contributed by atoms with van der Waals surface area (Å²) in [4.78, 5) is 27.9. The van der Waals surface area contributed by atoms with Crippen LogP contribution in [0.15, 0.2) is 36.0 Å². The zero-order valence-electron chi connectivity index (χ0n) is 23.8. The first-order valence-electron chi connectivity index (χ1n) is 13.1. The maximum Gasteiger partial charge on any atom is 0.417 e. The standard InChI is InChI=1S/C14H14N4S2.C13H17F4N3.CH2O/c1-8-4-5-12(15-6-8)18-14-17-11(7-19-14)13-9(2)16-10(3)20-13;1-2-3-10-8-20(5-4-18-10)12-11(14)6-9(7-19-12)13(15,16)17;1-2/h4-7H,1-3H3,(H,15,17,18);6-7,10,18H,2-5,8H2,1H3;1H2/t;10-;/m.0./s1. The van der Waals surface area contributed by atoms with Crippen LogP contribution in [0.1, 0.15) is 41.6 Å². The van der Waals surface area contributed by atoms with E-state index in [4.69, 9.17) is 4.79 Å². The molecule has 0 bridgehead atoms. The normalized spacial score (nSPS) is 14.9. The number of hydrogen-bond donors (Lipinski definition) is 2. The van der Waals surface area contributed by atoms with Crippen LogP contribution in [0.5, 0.6) is 0 Å². The van der Waals surface area contributed by atoms with Crippen LogP contribution >= 0.6 is 22.7 Å². The van der Waals surface area contributed by atoms with Crippen molar-refractivity contribution >= 4 is 46.2 Å². The molecule has 5 rings (SSSR count). The van der Waals surface area contributed by atoms with Crippen LogP contribution in [-0.4, -0.2) is 52.4 Å². The van der Waals surface area contributed by atoms with Gasteiger partial charge in [-0.25, -0.2) is 24.3 Å². The summed E-state index contributed by atoms with van der Waals surface area (Å²) in [6.07, 6.45) is -0.101. The Morgan fingerprint density at radius 1 is 1.14 bits per heavy atom. The Kier molecular flexibility index (Phi) is 11.9. The summed E-state index contributed by atoms with van der Waals surface area (Å²) in [5.74, 6) is -0.105. The first-order chi connectivity index (χ1) is 20.0.